The summed E-state index contributed by atoms with van der Waals surface area (Å²) in [6, 6.07) is 16.7. The van der Waals surface area contributed by atoms with Gasteiger partial charge in [-0.15, -0.1) is 0 Å². The predicted octanol–water partition coefficient (Wildman–Crippen LogP) is 4.68. The molecule has 1 amide bonds. The number of rotatable bonds is 7. The van der Waals surface area contributed by atoms with Crippen LogP contribution in [0.3, 0.4) is 0 Å². The van der Waals surface area contributed by atoms with Crippen molar-refractivity contribution in [2.75, 3.05) is 24.3 Å². The van der Waals surface area contributed by atoms with Crippen molar-refractivity contribution in [3.63, 3.8) is 0 Å². The van der Waals surface area contributed by atoms with E-state index in [4.69, 9.17) is 9.47 Å². The van der Waals surface area contributed by atoms with Gasteiger partial charge in [0.05, 0.1) is 30.1 Å². The number of benzene rings is 3. The highest BCUT2D eigenvalue weighted by atomic mass is 32.2. The van der Waals surface area contributed by atoms with Gasteiger partial charge in [0.2, 0.25) is 0 Å². The molecule has 0 unspecified atom stereocenters. The third kappa shape index (κ3) is 4.91. The molecule has 0 fully saturated rings. The van der Waals surface area contributed by atoms with Gasteiger partial charge in [-0.3, -0.25) is 14.8 Å². The summed E-state index contributed by atoms with van der Waals surface area (Å²) in [4.78, 5) is 16.8. The molecule has 2 N–H and O–H groups in total. The van der Waals surface area contributed by atoms with E-state index in [2.05, 4.69) is 15.0 Å². The number of hydrogen-bond acceptors (Lipinski definition) is 7. The molecule has 4 rings (SSSR count). The fourth-order valence-electron chi connectivity index (χ4n) is 3.12. The number of aryl methyl sites for hydroxylation is 1. The summed E-state index contributed by atoms with van der Waals surface area (Å²) in [7, 11) is -1.11. The van der Waals surface area contributed by atoms with Gasteiger partial charge in [0.15, 0.2) is 5.13 Å². The Kier molecular flexibility index (Phi) is 6.21. The van der Waals surface area contributed by atoms with Crippen molar-refractivity contribution in [2.45, 2.75) is 11.8 Å². The number of nitrogens with zero attached hydrogens (tertiary/aromatic N) is 1. The summed E-state index contributed by atoms with van der Waals surface area (Å²) in [6.45, 7) is 1.95. The molecule has 3 aromatic carbocycles. The van der Waals surface area contributed by atoms with Crippen molar-refractivity contribution in [2.24, 2.45) is 0 Å². The van der Waals surface area contributed by atoms with Crippen LogP contribution >= 0.6 is 11.3 Å². The number of carbonyl (C=O) groups excluding carboxylic acids is 1. The first-order valence-electron chi connectivity index (χ1n) is 9.82. The normalized spacial score (nSPS) is 11.2. The Labute approximate surface area is 195 Å². The van der Waals surface area contributed by atoms with Gasteiger partial charge >= 0.3 is 0 Å². The fourth-order valence-corrected chi connectivity index (χ4v) is 5.20. The minimum absolute atomic E-state index is 0.0474. The minimum Gasteiger partial charge on any atom is -0.497 e. The molecule has 10 heteroatoms. The quantitative estimate of drug-likeness (QED) is 0.395. The zero-order valence-electron chi connectivity index (χ0n) is 18.1. The maximum absolute atomic E-state index is 13.0. The van der Waals surface area contributed by atoms with Crippen LogP contribution in [0.25, 0.3) is 10.2 Å². The van der Waals surface area contributed by atoms with Gasteiger partial charge in [-0.2, -0.15) is 0 Å². The highest BCUT2D eigenvalue weighted by Crippen LogP contribution is 2.32. The van der Waals surface area contributed by atoms with Crippen LogP contribution in [0.4, 0.5) is 10.8 Å². The van der Waals surface area contributed by atoms with Crippen molar-refractivity contribution in [3.05, 3.63) is 71.8 Å². The average molecular weight is 484 g/mol. The molecule has 1 heterocycles. The zero-order valence-corrected chi connectivity index (χ0v) is 19.7. The van der Waals surface area contributed by atoms with Crippen LogP contribution in [0.2, 0.25) is 0 Å². The summed E-state index contributed by atoms with van der Waals surface area (Å²) in [6.07, 6.45) is 0. The molecule has 0 spiro atoms. The van der Waals surface area contributed by atoms with Gasteiger partial charge < -0.3 is 9.47 Å². The molecule has 1 aromatic heterocycles. The molecule has 33 heavy (non-hydrogen) atoms. The second-order valence-electron chi connectivity index (χ2n) is 7.14. The number of methoxy groups -OCH3 is 2. The molecule has 0 aliphatic carbocycles. The lowest BCUT2D eigenvalue weighted by molar-refractivity contribution is 0.102. The maximum atomic E-state index is 13.0. The zero-order chi connectivity index (χ0) is 23.6. The monoisotopic (exact) mass is 483 g/mol. The van der Waals surface area contributed by atoms with Crippen LogP contribution in [0.15, 0.2) is 65.6 Å². The van der Waals surface area contributed by atoms with Crippen LogP contribution in [0, 0.1) is 6.92 Å². The number of carbonyl (C=O) groups is 1. The Balaban J connectivity index is 1.57. The lowest BCUT2D eigenvalue weighted by atomic mass is 10.1. The van der Waals surface area contributed by atoms with Crippen molar-refractivity contribution in [1.29, 1.82) is 0 Å². The Bertz CT molecular complexity index is 1430. The van der Waals surface area contributed by atoms with Crippen LogP contribution in [0.1, 0.15) is 15.9 Å². The first-order valence-corrected chi connectivity index (χ1v) is 12.1. The van der Waals surface area contributed by atoms with E-state index >= 15 is 0 Å². The lowest BCUT2D eigenvalue weighted by Gasteiger charge is -2.12. The van der Waals surface area contributed by atoms with Crippen molar-refractivity contribution in [1.82, 2.24) is 4.98 Å². The minimum atomic E-state index is -3.96. The van der Waals surface area contributed by atoms with Gasteiger partial charge in [-0.25, -0.2) is 13.4 Å². The lowest BCUT2D eigenvalue weighted by Crippen LogP contribution is -2.14. The van der Waals surface area contributed by atoms with Crippen LogP contribution < -0.4 is 19.5 Å². The van der Waals surface area contributed by atoms with E-state index in [-0.39, 0.29) is 16.6 Å². The van der Waals surface area contributed by atoms with Gasteiger partial charge in [-0.1, -0.05) is 29.0 Å². The fraction of sp³-hybridized carbons (Fsp3) is 0.130. The molecule has 0 saturated carbocycles. The molecule has 0 aliphatic heterocycles. The number of anilines is 2. The van der Waals surface area contributed by atoms with Crippen LogP contribution in [-0.4, -0.2) is 33.5 Å². The summed E-state index contributed by atoms with van der Waals surface area (Å²) in [5.74, 6) is 0.319. The highest BCUT2D eigenvalue weighted by Gasteiger charge is 2.21. The van der Waals surface area contributed by atoms with Gasteiger partial charge in [0, 0.05) is 11.6 Å². The molecule has 0 saturated heterocycles. The van der Waals surface area contributed by atoms with E-state index in [1.807, 2.05) is 19.1 Å². The maximum Gasteiger partial charge on any atom is 0.265 e. The van der Waals surface area contributed by atoms with Crippen LogP contribution in [0.5, 0.6) is 11.5 Å². The number of sulfonamides is 1. The first kappa shape index (κ1) is 22.6. The predicted molar refractivity (Wildman–Crippen MR) is 129 cm³/mol. The summed E-state index contributed by atoms with van der Waals surface area (Å²) in [5.41, 5.74) is 2.47. The second-order valence-corrected chi connectivity index (χ2v) is 9.83. The number of aromatic nitrogens is 1. The average Bonchev–Trinajstić information content (AvgIpc) is 3.20. The number of amides is 1. The number of thiazole rings is 1. The molecular formula is C23H21N3O5S2. The molecule has 0 aliphatic rings. The summed E-state index contributed by atoms with van der Waals surface area (Å²) >= 11 is 1.30. The Morgan fingerprint density at radius 2 is 1.73 bits per heavy atom. The van der Waals surface area contributed by atoms with E-state index < -0.39 is 10.0 Å². The molecular weight excluding hydrogens is 462 g/mol. The third-order valence-electron chi connectivity index (χ3n) is 4.83. The van der Waals surface area contributed by atoms with E-state index in [1.54, 1.807) is 36.4 Å². The van der Waals surface area contributed by atoms with Crippen LogP contribution in [-0.2, 0) is 10.0 Å². The number of nitrogens with one attached hydrogen (secondary N) is 2. The largest absolute Gasteiger partial charge is 0.497 e. The summed E-state index contributed by atoms with van der Waals surface area (Å²) in [5, 5.41) is 3.21. The number of fused-ring (bicyclic) bond motifs is 1. The first-order chi connectivity index (χ1) is 15.8. The smallest absolute Gasteiger partial charge is 0.265 e. The van der Waals surface area contributed by atoms with Gasteiger partial charge in [0.1, 0.15) is 16.4 Å². The highest BCUT2D eigenvalue weighted by molar-refractivity contribution is 7.92. The topological polar surface area (TPSA) is 107 Å². The van der Waals surface area contributed by atoms with E-state index in [1.165, 1.54) is 37.7 Å². The third-order valence-corrected chi connectivity index (χ3v) is 7.19. The van der Waals surface area contributed by atoms with Crippen molar-refractivity contribution >= 4 is 48.3 Å². The van der Waals surface area contributed by atoms with E-state index in [0.717, 1.165) is 10.3 Å². The van der Waals surface area contributed by atoms with Gasteiger partial charge in [-0.05, 0) is 49.4 Å². The second kappa shape index (κ2) is 9.08. The number of hydrogen-bond donors (Lipinski definition) is 2. The standard InChI is InChI=1S/C23H21N3O5S2/c1-14-4-6-15(7-5-14)22(27)25-23-24-18-12-16(8-11-20(18)32-23)26-33(28,29)21-13-17(30-2)9-10-19(21)31-3/h4-13,26H,1-3H3,(H,24,25,27). The van der Waals surface area contributed by atoms with Crippen molar-refractivity contribution in [3.8, 4) is 11.5 Å². The molecule has 0 atom stereocenters. The Morgan fingerprint density at radius 3 is 2.42 bits per heavy atom. The SMILES string of the molecule is COc1ccc(OC)c(S(=O)(=O)Nc2ccc3sc(NC(=O)c4ccc(C)cc4)nc3c2)c1. The van der Waals surface area contributed by atoms with Gasteiger partial charge in [0.25, 0.3) is 15.9 Å². The van der Waals surface area contributed by atoms with E-state index in [9.17, 15) is 13.2 Å². The Morgan fingerprint density at radius 1 is 0.970 bits per heavy atom. The molecule has 8 nitrogen and oxygen atoms in total. The number of ether oxygens (including phenoxy) is 2. The van der Waals surface area contributed by atoms with E-state index in [0.29, 0.717) is 27.6 Å². The molecule has 0 bridgehead atoms. The molecule has 0 radical (unpaired) electrons. The molecule has 170 valence electrons. The summed E-state index contributed by atoms with van der Waals surface area (Å²) < 4.78 is 39.7. The Hall–Kier alpha value is -3.63. The van der Waals surface area contributed by atoms with Crippen molar-refractivity contribution < 1.29 is 22.7 Å². The molecule has 4 aromatic rings.